The normalized spacial score (nSPS) is 19.0. The molecule has 3 N–H and O–H groups in total. The molecule has 2 amide bonds. The van der Waals surface area contributed by atoms with Crippen LogP contribution < -0.4 is 10.0 Å². The van der Waals surface area contributed by atoms with E-state index < -0.39 is 22.1 Å². The van der Waals surface area contributed by atoms with Gasteiger partial charge in [0, 0.05) is 18.8 Å². The summed E-state index contributed by atoms with van der Waals surface area (Å²) < 4.78 is 29.0. The van der Waals surface area contributed by atoms with Crippen LogP contribution in [-0.4, -0.2) is 49.5 Å². The van der Waals surface area contributed by atoms with Gasteiger partial charge in [0.05, 0.1) is 5.75 Å². The third-order valence-corrected chi connectivity index (χ3v) is 9.16. The molecule has 4 rings (SSSR count). The highest BCUT2D eigenvalue weighted by atomic mass is 32.2. The Kier molecular flexibility index (Phi) is 9.91. The van der Waals surface area contributed by atoms with Gasteiger partial charge in [0.2, 0.25) is 21.8 Å². The van der Waals surface area contributed by atoms with Gasteiger partial charge >= 0.3 is 0 Å². The van der Waals surface area contributed by atoms with E-state index in [1.807, 2.05) is 30.3 Å². The number of carbonyl (C=O) groups is 2. The van der Waals surface area contributed by atoms with Crippen molar-refractivity contribution >= 4 is 27.5 Å². The Balaban J connectivity index is 1.44. The van der Waals surface area contributed by atoms with Gasteiger partial charge in [0.15, 0.2) is 0 Å². The van der Waals surface area contributed by atoms with Crippen molar-refractivity contribution in [3.8, 4) is 0 Å². The molecule has 2 atom stereocenters. The van der Waals surface area contributed by atoms with Crippen LogP contribution in [0.3, 0.4) is 0 Å². The van der Waals surface area contributed by atoms with Gasteiger partial charge in [-0.25, -0.2) is 13.1 Å². The third kappa shape index (κ3) is 8.22. The average molecular weight is 553 g/mol. The van der Waals surface area contributed by atoms with Crippen molar-refractivity contribution in [3.05, 3.63) is 71.3 Å². The number of carbonyl (C=O) groups excluding carboxylic acids is 2. The standard InChI is InChI=1S/C30H40N4O4S/c1-22(31)26-16-14-24(15-17-26)20-32-29(35)28-13-8-18-34(28)30(36)27(19-23-9-4-2-5-10-23)33-39(37,38)21-25-11-6-3-7-12-25/h3,6-7,11-12,14-17,23,27-28,31,33H,2,4-5,8-10,13,18-21H2,1H3,(H,32,35). The fourth-order valence-corrected chi connectivity index (χ4v) is 7.04. The quantitative estimate of drug-likeness (QED) is 0.363. The Hall–Kier alpha value is -3.04. The first kappa shape index (κ1) is 29.0. The minimum Gasteiger partial charge on any atom is -0.350 e. The van der Waals surface area contributed by atoms with Crippen LogP contribution >= 0.6 is 0 Å². The fourth-order valence-electron chi connectivity index (χ4n) is 5.69. The second kappa shape index (κ2) is 13.3. The zero-order valence-electron chi connectivity index (χ0n) is 22.7. The molecule has 210 valence electrons. The molecule has 2 aromatic rings. The van der Waals surface area contributed by atoms with E-state index in [0.717, 1.165) is 36.8 Å². The lowest BCUT2D eigenvalue weighted by atomic mass is 9.84. The summed E-state index contributed by atoms with van der Waals surface area (Å²) in [7, 11) is -3.77. The molecular formula is C30H40N4O4S. The molecule has 2 unspecified atom stereocenters. The van der Waals surface area contributed by atoms with Crippen LogP contribution in [0.4, 0.5) is 0 Å². The van der Waals surface area contributed by atoms with Gasteiger partial charge in [0.1, 0.15) is 12.1 Å². The van der Waals surface area contributed by atoms with Gasteiger partial charge in [-0.2, -0.15) is 0 Å². The molecule has 1 saturated heterocycles. The highest BCUT2D eigenvalue weighted by molar-refractivity contribution is 7.88. The number of hydrogen-bond acceptors (Lipinski definition) is 5. The number of rotatable bonds is 11. The van der Waals surface area contributed by atoms with E-state index in [4.69, 9.17) is 5.41 Å². The minimum absolute atomic E-state index is 0.192. The third-order valence-electron chi connectivity index (χ3n) is 7.81. The predicted octanol–water partition coefficient (Wildman–Crippen LogP) is 4.14. The summed E-state index contributed by atoms with van der Waals surface area (Å²) in [6, 6.07) is 14.9. The van der Waals surface area contributed by atoms with E-state index in [0.29, 0.717) is 43.6 Å². The summed E-state index contributed by atoms with van der Waals surface area (Å²) in [5.74, 6) is -0.436. The van der Waals surface area contributed by atoms with Crippen molar-refractivity contribution in [2.24, 2.45) is 5.92 Å². The van der Waals surface area contributed by atoms with Crippen LogP contribution in [0.5, 0.6) is 0 Å². The van der Waals surface area contributed by atoms with Crippen molar-refractivity contribution in [2.45, 2.75) is 82.7 Å². The summed E-state index contributed by atoms with van der Waals surface area (Å²) in [5.41, 5.74) is 2.88. The van der Waals surface area contributed by atoms with Gasteiger partial charge in [-0.05, 0) is 48.8 Å². The molecule has 2 fully saturated rings. The van der Waals surface area contributed by atoms with Crippen molar-refractivity contribution in [3.63, 3.8) is 0 Å². The van der Waals surface area contributed by atoms with Crippen LogP contribution in [0.1, 0.15) is 75.0 Å². The van der Waals surface area contributed by atoms with Crippen LogP contribution in [-0.2, 0) is 31.9 Å². The molecule has 1 aliphatic carbocycles. The Morgan fingerprint density at radius 1 is 0.949 bits per heavy atom. The van der Waals surface area contributed by atoms with Crippen LogP contribution in [0.2, 0.25) is 0 Å². The lowest BCUT2D eigenvalue weighted by molar-refractivity contribution is -0.140. The van der Waals surface area contributed by atoms with Crippen LogP contribution in [0, 0.1) is 11.3 Å². The van der Waals surface area contributed by atoms with Crippen molar-refractivity contribution in [1.82, 2.24) is 14.9 Å². The second-order valence-corrected chi connectivity index (χ2v) is 12.6. The number of sulfonamides is 1. The monoisotopic (exact) mass is 552 g/mol. The summed E-state index contributed by atoms with van der Waals surface area (Å²) in [5, 5.41) is 10.7. The number of nitrogens with zero attached hydrogens (tertiary/aromatic N) is 1. The van der Waals surface area contributed by atoms with E-state index in [1.54, 1.807) is 36.1 Å². The summed E-state index contributed by atoms with van der Waals surface area (Å²) in [4.78, 5) is 28.6. The summed E-state index contributed by atoms with van der Waals surface area (Å²) in [6.07, 6.45) is 7.05. The first-order valence-corrected chi connectivity index (χ1v) is 15.6. The molecule has 1 saturated carbocycles. The van der Waals surface area contributed by atoms with Crippen molar-refractivity contribution < 1.29 is 18.0 Å². The number of benzene rings is 2. The van der Waals surface area contributed by atoms with E-state index in [-0.39, 0.29) is 23.5 Å². The molecule has 0 radical (unpaired) electrons. The molecule has 8 nitrogen and oxygen atoms in total. The highest BCUT2D eigenvalue weighted by Gasteiger charge is 2.39. The maximum absolute atomic E-state index is 13.8. The molecule has 0 aromatic heterocycles. The van der Waals surface area contributed by atoms with Crippen molar-refractivity contribution in [1.29, 1.82) is 5.41 Å². The Morgan fingerprint density at radius 2 is 1.64 bits per heavy atom. The van der Waals surface area contributed by atoms with Crippen LogP contribution in [0.25, 0.3) is 0 Å². The van der Waals surface area contributed by atoms with Gasteiger partial charge < -0.3 is 15.6 Å². The van der Waals surface area contributed by atoms with Gasteiger partial charge in [-0.15, -0.1) is 0 Å². The van der Waals surface area contributed by atoms with Gasteiger partial charge in [-0.3, -0.25) is 9.59 Å². The second-order valence-electron chi connectivity index (χ2n) is 10.9. The maximum Gasteiger partial charge on any atom is 0.243 e. The molecule has 0 spiro atoms. The molecule has 2 aliphatic rings. The maximum atomic E-state index is 13.8. The van der Waals surface area contributed by atoms with Crippen LogP contribution in [0.15, 0.2) is 54.6 Å². The zero-order chi connectivity index (χ0) is 27.8. The number of amides is 2. The van der Waals surface area contributed by atoms with Gasteiger partial charge in [-0.1, -0.05) is 86.7 Å². The fraction of sp³-hybridized carbons (Fsp3) is 0.500. The lowest BCUT2D eigenvalue weighted by Crippen LogP contribution is -2.54. The smallest absolute Gasteiger partial charge is 0.243 e. The molecule has 0 bridgehead atoms. The largest absolute Gasteiger partial charge is 0.350 e. The first-order valence-electron chi connectivity index (χ1n) is 14.0. The van der Waals surface area contributed by atoms with E-state index in [2.05, 4.69) is 10.0 Å². The zero-order valence-corrected chi connectivity index (χ0v) is 23.5. The van der Waals surface area contributed by atoms with Crippen molar-refractivity contribution in [2.75, 3.05) is 6.54 Å². The predicted molar refractivity (Wildman–Crippen MR) is 153 cm³/mol. The average Bonchev–Trinajstić information content (AvgIpc) is 3.42. The van der Waals surface area contributed by atoms with E-state index >= 15 is 0 Å². The SMILES string of the molecule is CC(=N)c1ccc(CNC(=O)C2CCCN2C(=O)C(CC2CCCCC2)NS(=O)(=O)Cc2ccccc2)cc1. The first-order chi connectivity index (χ1) is 18.7. The van der Waals surface area contributed by atoms with E-state index in [1.165, 1.54) is 6.42 Å². The summed E-state index contributed by atoms with van der Waals surface area (Å²) in [6.45, 7) is 2.49. The number of nitrogens with one attached hydrogen (secondary N) is 3. The molecule has 9 heteroatoms. The molecule has 39 heavy (non-hydrogen) atoms. The molecule has 1 heterocycles. The number of likely N-dealkylation sites (tertiary alicyclic amines) is 1. The van der Waals surface area contributed by atoms with Gasteiger partial charge in [0.25, 0.3) is 0 Å². The minimum atomic E-state index is -3.77. The topological polar surface area (TPSA) is 119 Å². The Bertz CT molecular complexity index is 1240. The number of hydrogen-bond donors (Lipinski definition) is 3. The Morgan fingerprint density at radius 3 is 2.31 bits per heavy atom. The molecule has 1 aliphatic heterocycles. The lowest BCUT2D eigenvalue weighted by Gasteiger charge is -2.31. The highest BCUT2D eigenvalue weighted by Crippen LogP contribution is 2.29. The molecular weight excluding hydrogens is 512 g/mol. The Labute approximate surface area is 232 Å². The van der Waals surface area contributed by atoms with E-state index in [9.17, 15) is 18.0 Å². The summed E-state index contributed by atoms with van der Waals surface area (Å²) >= 11 is 0. The molecule has 2 aromatic carbocycles.